The van der Waals surface area contributed by atoms with Crippen LogP contribution in [0.5, 0.6) is 0 Å². The number of fused-ring (bicyclic) bond motifs is 1. The Kier molecular flexibility index (Phi) is 5.91. The second-order valence-electron chi connectivity index (χ2n) is 8.83. The molecule has 0 spiro atoms. The summed E-state index contributed by atoms with van der Waals surface area (Å²) >= 11 is 0. The molecule has 6 heteroatoms. The second kappa shape index (κ2) is 8.51. The maximum atomic E-state index is 13.8. The van der Waals surface area contributed by atoms with E-state index >= 15 is 0 Å². The number of carbonyl (C=O) groups excluding carboxylic acids is 3. The Morgan fingerprint density at radius 1 is 0.969 bits per heavy atom. The van der Waals surface area contributed by atoms with Crippen molar-refractivity contribution in [3.8, 4) is 0 Å². The molecule has 2 fully saturated rings. The molecular formula is C26H30N2O4. The molecular weight excluding hydrogens is 404 g/mol. The number of rotatable bonds is 6. The minimum Gasteiger partial charge on any atom is -0.465 e. The summed E-state index contributed by atoms with van der Waals surface area (Å²) in [5.41, 5.74) is 2.33. The number of esters is 1. The first kappa shape index (κ1) is 22.2. The van der Waals surface area contributed by atoms with Crippen LogP contribution in [0.25, 0.3) is 0 Å². The molecule has 2 aromatic carbocycles. The number of anilines is 1. The summed E-state index contributed by atoms with van der Waals surface area (Å²) in [6.45, 7) is 7.88. The predicted molar refractivity (Wildman–Crippen MR) is 122 cm³/mol. The van der Waals surface area contributed by atoms with E-state index in [0.717, 1.165) is 16.7 Å². The lowest BCUT2D eigenvalue weighted by Gasteiger charge is -2.32. The third-order valence-electron chi connectivity index (χ3n) is 6.67. The highest BCUT2D eigenvalue weighted by Crippen LogP contribution is 2.51. The van der Waals surface area contributed by atoms with Crippen LogP contribution in [0.1, 0.15) is 49.4 Å². The molecule has 0 aliphatic carbocycles. The molecule has 2 saturated heterocycles. The molecule has 0 aromatic heterocycles. The molecule has 6 nitrogen and oxygen atoms in total. The summed E-state index contributed by atoms with van der Waals surface area (Å²) in [4.78, 5) is 42.1. The number of aryl methyl sites for hydroxylation is 2. The largest absolute Gasteiger partial charge is 0.465 e. The Morgan fingerprint density at radius 2 is 1.56 bits per heavy atom. The monoisotopic (exact) mass is 434 g/mol. The first-order valence-electron chi connectivity index (χ1n) is 11.3. The Bertz CT molecular complexity index is 1030. The van der Waals surface area contributed by atoms with E-state index in [1.54, 1.807) is 19.1 Å². The molecule has 2 heterocycles. The zero-order valence-corrected chi connectivity index (χ0v) is 19.1. The van der Waals surface area contributed by atoms with Crippen LogP contribution in [0.3, 0.4) is 0 Å². The number of imide groups is 1. The zero-order chi connectivity index (χ0) is 23.0. The van der Waals surface area contributed by atoms with Crippen LogP contribution < -0.4 is 10.2 Å². The molecule has 32 heavy (non-hydrogen) atoms. The van der Waals surface area contributed by atoms with Crippen molar-refractivity contribution in [3.05, 3.63) is 65.2 Å². The van der Waals surface area contributed by atoms with E-state index in [2.05, 4.69) is 5.32 Å². The number of carbonyl (C=O) groups is 3. The topological polar surface area (TPSA) is 75.7 Å². The molecule has 4 rings (SSSR count). The molecule has 2 aromatic rings. The van der Waals surface area contributed by atoms with E-state index in [4.69, 9.17) is 4.74 Å². The van der Waals surface area contributed by atoms with Crippen molar-refractivity contribution >= 4 is 23.5 Å². The van der Waals surface area contributed by atoms with E-state index in [9.17, 15) is 14.4 Å². The van der Waals surface area contributed by atoms with Gasteiger partial charge in [-0.05, 0) is 44.9 Å². The highest BCUT2D eigenvalue weighted by molar-refractivity contribution is 6.24. The second-order valence-corrected chi connectivity index (χ2v) is 8.83. The van der Waals surface area contributed by atoms with Gasteiger partial charge in [-0.25, -0.2) is 4.90 Å². The average molecular weight is 435 g/mol. The minimum atomic E-state index is -1.24. The maximum Gasteiger partial charge on any atom is 0.327 e. The van der Waals surface area contributed by atoms with Crippen molar-refractivity contribution in [2.75, 3.05) is 11.5 Å². The fourth-order valence-electron chi connectivity index (χ4n) is 5.18. The van der Waals surface area contributed by atoms with Crippen molar-refractivity contribution in [2.45, 2.75) is 52.1 Å². The standard InChI is InChI=1S/C26H30N2O4/c1-5-15-26(25(31)32-6-2)21-20(22(27-26)18-11-7-16(3)8-12-18)23(29)28(24(21)30)19-13-9-17(4)10-14-19/h7-14,20-22,27H,5-6,15H2,1-4H3/t20-,21+,22-,26+/m0/s1. The van der Waals surface area contributed by atoms with Crippen molar-refractivity contribution in [1.82, 2.24) is 5.32 Å². The minimum absolute atomic E-state index is 0.211. The number of hydrogen-bond acceptors (Lipinski definition) is 5. The van der Waals surface area contributed by atoms with Gasteiger partial charge in [-0.3, -0.25) is 19.7 Å². The fraction of sp³-hybridized carbons (Fsp3) is 0.423. The Morgan fingerprint density at radius 3 is 2.12 bits per heavy atom. The molecule has 2 aliphatic rings. The van der Waals surface area contributed by atoms with Gasteiger partial charge in [0, 0.05) is 6.04 Å². The van der Waals surface area contributed by atoms with Gasteiger partial charge in [-0.2, -0.15) is 0 Å². The van der Waals surface area contributed by atoms with E-state index in [1.165, 1.54) is 4.90 Å². The van der Waals surface area contributed by atoms with Crippen LogP contribution in [-0.4, -0.2) is 29.9 Å². The van der Waals surface area contributed by atoms with Gasteiger partial charge in [0.05, 0.1) is 24.1 Å². The molecule has 2 aliphatic heterocycles. The zero-order valence-electron chi connectivity index (χ0n) is 19.1. The number of amides is 2. The Labute approximate surface area is 188 Å². The molecule has 4 atom stereocenters. The molecule has 168 valence electrons. The smallest absolute Gasteiger partial charge is 0.327 e. The third-order valence-corrected chi connectivity index (χ3v) is 6.67. The van der Waals surface area contributed by atoms with E-state index in [0.29, 0.717) is 18.5 Å². The summed E-state index contributed by atoms with van der Waals surface area (Å²) in [5.74, 6) is -2.57. The van der Waals surface area contributed by atoms with Gasteiger partial charge in [0.2, 0.25) is 11.8 Å². The van der Waals surface area contributed by atoms with E-state index in [1.807, 2.05) is 57.2 Å². The molecule has 0 bridgehead atoms. The quantitative estimate of drug-likeness (QED) is 0.552. The van der Waals surface area contributed by atoms with Gasteiger partial charge < -0.3 is 4.74 Å². The number of benzene rings is 2. The maximum absolute atomic E-state index is 13.8. The summed E-state index contributed by atoms with van der Waals surface area (Å²) < 4.78 is 5.45. The molecule has 0 radical (unpaired) electrons. The van der Waals surface area contributed by atoms with Gasteiger partial charge >= 0.3 is 5.97 Å². The van der Waals surface area contributed by atoms with Crippen LogP contribution in [0, 0.1) is 25.7 Å². The van der Waals surface area contributed by atoms with Crippen molar-refractivity contribution in [1.29, 1.82) is 0 Å². The number of ether oxygens (including phenoxy) is 1. The Hall–Kier alpha value is -2.99. The third kappa shape index (κ3) is 3.43. The highest BCUT2D eigenvalue weighted by atomic mass is 16.5. The lowest BCUT2D eigenvalue weighted by molar-refractivity contribution is -0.155. The van der Waals surface area contributed by atoms with Crippen molar-refractivity contribution in [2.24, 2.45) is 11.8 Å². The summed E-state index contributed by atoms with van der Waals surface area (Å²) in [5, 5.41) is 3.43. The van der Waals surface area contributed by atoms with E-state index in [-0.39, 0.29) is 18.4 Å². The lowest BCUT2D eigenvalue weighted by Crippen LogP contribution is -2.56. The molecule has 2 amide bonds. The summed E-state index contributed by atoms with van der Waals surface area (Å²) in [7, 11) is 0. The van der Waals surface area contributed by atoms with Crippen LogP contribution in [0.2, 0.25) is 0 Å². The van der Waals surface area contributed by atoms with Gasteiger partial charge in [-0.1, -0.05) is 60.9 Å². The number of nitrogens with one attached hydrogen (secondary N) is 1. The van der Waals surface area contributed by atoms with Crippen LogP contribution in [0.4, 0.5) is 5.69 Å². The van der Waals surface area contributed by atoms with Crippen molar-refractivity contribution in [3.63, 3.8) is 0 Å². The van der Waals surface area contributed by atoms with Gasteiger partial charge in [0.1, 0.15) is 5.54 Å². The van der Waals surface area contributed by atoms with Crippen molar-refractivity contribution < 1.29 is 19.1 Å². The van der Waals surface area contributed by atoms with Crippen LogP contribution >= 0.6 is 0 Å². The van der Waals surface area contributed by atoms with E-state index < -0.39 is 29.4 Å². The van der Waals surface area contributed by atoms with Crippen LogP contribution in [-0.2, 0) is 19.1 Å². The van der Waals surface area contributed by atoms with Gasteiger partial charge in [-0.15, -0.1) is 0 Å². The predicted octanol–water partition coefficient (Wildman–Crippen LogP) is 3.86. The highest BCUT2D eigenvalue weighted by Gasteiger charge is 2.68. The van der Waals surface area contributed by atoms with Crippen LogP contribution in [0.15, 0.2) is 48.5 Å². The first-order chi connectivity index (χ1) is 15.3. The van der Waals surface area contributed by atoms with Gasteiger partial charge in [0.25, 0.3) is 0 Å². The Balaban J connectivity index is 1.85. The summed E-state index contributed by atoms with van der Waals surface area (Å²) in [6.07, 6.45) is 1.08. The lowest BCUT2D eigenvalue weighted by atomic mass is 9.77. The fourth-order valence-corrected chi connectivity index (χ4v) is 5.18. The molecule has 1 N–H and O–H groups in total. The first-order valence-corrected chi connectivity index (χ1v) is 11.3. The molecule has 0 unspecified atom stereocenters. The van der Waals surface area contributed by atoms with Gasteiger partial charge in [0.15, 0.2) is 0 Å². The average Bonchev–Trinajstić information content (AvgIpc) is 3.25. The summed E-state index contributed by atoms with van der Waals surface area (Å²) in [6, 6.07) is 14.8. The normalized spacial score (nSPS) is 27.0. The number of nitrogens with zero attached hydrogens (tertiary/aromatic N) is 1. The molecule has 0 saturated carbocycles. The number of hydrogen-bond donors (Lipinski definition) is 1. The SMILES string of the molecule is CCC[C@@]1(C(=O)OCC)N[C@@H](c2ccc(C)cc2)[C@H]2C(=O)N(c3ccc(C)cc3)C(=O)[C@@H]21.